The molecule has 1 aromatic rings. The lowest BCUT2D eigenvalue weighted by Crippen LogP contribution is -2.38. The summed E-state index contributed by atoms with van der Waals surface area (Å²) in [5.74, 6) is 1.08. The van der Waals surface area contributed by atoms with Crippen LogP contribution < -0.4 is 14.8 Å². The lowest BCUT2D eigenvalue weighted by Gasteiger charge is -2.24. The summed E-state index contributed by atoms with van der Waals surface area (Å²) in [5, 5.41) is 7.61. The van der Waals surface area contributed by atoms with Crippen molar-refractivity contribution in [2.75, 3.05) is 40.4 Å². The topological polar surface area (TPSA) is 54.0 Å². The Bertz CT molecular complexity index is 509. The van der Waals surface area contributed by atoms with Crippen LogP contribution in [0.2, 0.25) is 0 Å². The van der Waals surface area contributed by atoms with Crippen LogP contribution in [0.1, 0.15) is 24.2 Å². The molecule has 0 aliphatic carbocycles. The van der Waals surface area contributed by atoms with Gasteiger partial charge in [0.05, 0.1) is 25.8 Å². The predicted molar refractivity (Wildman–Crippen MR) is 85.3 cm³/mol. The van der Waals surface area contributed by atoms with Gasteiger partial charge in [-0.1, -0.05) is 13.8 Å². The van der Waals surface area contributed by atoms with E-state index < -0.39 is 0 Å². The minimum Gasteiger partial charge on any atom is -0.497 e. The van der Waals surface area contributed by atoms with Crippen molar-refractivity contribution in [3.05, 3.63) is 23.8 Å². The predicted octanol–water partition coefficient (Wildman–Crippen LogP) is 1.37. The molecule has 0 unspecified atom stereocenters. The fourth-order valence-corrected chi connectivity index (χ4v) is 2.80. The molecule has 1 saturated heterocycles. The first kappa shape index (κ1) is 16.6. The molecule has 1 fully saturated rings. The molecule has 2 rings (SSSR count). The summed E-state index contributed by atoms with van der Waals surface area (Å²) < 4.78 is 10.5. The van der Waals surface area contributed by atoms with E-state index in [9.17, 15) is 4.79 Å². The van der Waals surface area contributed by atoms with Crippen molar-refractivity contribution >= 4 is 5.91 Å². The molecule has 1 aromatic carbocycles. The number of hydrogen-bond acceptors (Lipinski definition) is 5. The number of likely N-dealkylation sites (N-methyl/N-ethyl adjacent to an activating group) is 2. The van der Waals surface area contributed by atoms with Gasteiger partial charge >= 0.3 is 0 Å². The Kier molecular flexibility index (Phi) is 5.63. The number of carbonyl (C=O) groups is 1. The Morgan fingerprint density at radius 1 is 1.18 bits per heavy atom. The molecular weight excluding hydrogens is 282 g/mol. The zero-order chi connectivity index (χ0) is 16.1. The van der Waals surface area contributed by atoms with Crippen LogP contribution in [0.4, 0.5) is 0 Å². The van der Waals surface area contributed by atoms with Gasteiger partial charge in [-0.05, 0) is 12.1 Å². The minimum atomic E-state index is -0.112. The summed E-state index contributed by atoms with van der Waals surface area (Å²) in [6.45, 7) is 7.83. The molecule has 122 valence electrons. The summed E-state index contributed by atoms with van der Waals surface area (Å²) in [5.41, 5.74) is 0.529. The number of nitrogens with zero attached hydrogens (tertiary/aromatic N) is 2. The molecule has 1 heterocycles. The second-order valence-electron chi connectivity index (χ2n) is 5.25. The summed E-state index contributed by atoms with van der Waals surface area (Å²) >= 11 is 0. The van der Waals surface area contributed by atoms with Gasteiger partial charge in [-0.15, -0.1) is 0 Å². The smallest absolute Gasteiger partial charge is 0.255 e. The van der Waals surface area contributed by atoms with E-state index in [0.29, 0.717) is 17.1 Å². The average Bonchev–Trinajstić information content (AvgIpc) is 2.95. The van der Waals surface area contributed by atoms with E-state index in [2.05, 4.69) is 29.2 Å². The number of amides is 1. The number of rotatable bonds is 6. The molecule has 1 amide bonds. The van der Waals surface area contributed by atoms with E-state index in [1.807, 2.05) is 0 Å². The summed E-state index contributed by atoms with van der Waals surface area (Å²) in [7, 11) is 3.14. The van der Waals surface area contributed by atoms with E-state index in [-0.39, 0.29) is 11.9 Å². The van der Waals surface area contributed by atoms with Crippen LogP contribution in [0.3, 0.4) is 0 Å². The number of methoxy groups -OCH3 is 2. The Labute approximate surface area is 132 Å². The van der Waals surface area contributed by atoms with E-state index in [0.717, 1.165) is 26.2 Å². The van der Waals surface area contributed by atoms with Crippen molar-refractivity contribution in [3.8, 4) is 11.5 Å². The largest absolute Gasteiger partial charge is 0.497 e. The Morgan fingerprint density at radius 2 is 1.82 bits per heavy atom. The number of hydrazine groups is 1. The van der Waals surface area contributed by atoms with Crippen molar-refractivity contribution in [2.24, 2.45) is 0 Å². The highest BCUT2D eigenvalue weighted by Crippen LogP contribution is 2.24. The van der Waals surface area contributed by atoms with Crippen molar-refractivity contribution in [1.29, 1.82) is 0 Å². The lowest BCUT2D eigenvalue weighted by molar-refractivity contribution is 0.0388. The summed E-state index contributed by atoms with van der Waals surface area (Å²) in [4.78, 5) is 12.5. The van der Waals surface area contributed by atoms with E-state index in [1.165, 1.54) is 0 Å². The highest BCUT2D eigenvalue weighted by atomic mass is 16.5. The van der Waals surface area contributed by atoms with Crippen LogP contribution in [0.25, 0.3) is 0 Å². The number of hydrogen-bond donors (Lipinski definition) is 1. The van der Waals surface area contributed by atoms with Crippen molar-refractivity contribution < 1.29 is 14.3 Å². The van der Waals surface area contributed by atoms with Crippen LogP contribution >= 0.6 is 0 Å². The van der Waals surface area contributed by atoms with Gasteiger partial charge in [-0.25, -0.2) is 10.0 Å². The first-order chi connectivity index (χ1) is 10.6. The lowest BCUT2D eigenvalue weighted by atomic mass is 10.1. The quantitative estimate of drug-likeness (QED) is 0.860. The highest BCUT2D eigenvalue weighted by molar-refractivity contribution is 5.97. The zero-order valence-electron chi connectivity index (χ0n) is 13.8. The number of nitrogens with one attached hydrogen (secondary N) is 1. The zero-order valence-corrected chi connectivity index (χ0v) is 13.8. The van der Waals surface area contributed by atoms with E-state index in [1.54, 1.807) is 32.4 Å². The monoisotopic (exact) mass is 307 g/mol. The molecular formula is C16H25N3O3. The molecule has 1 N–H and O–H groups in total. The Morgan fingerprint density at radius 3 is 2.32 bits per heavy atom. The van der Waals surface area contributed by atoms with Crippen molar-refractivity contribution in [2.45, 2.75) is 19.9 Å². The van der Waals surface area contributed by atoms with Gasteiger partial charge in [0.1, 0.15) is 11.5 Å². The highest BCUT2D eigenvalue weighted by Gasteiger charge is 2.29. The fraction of sp³-hybridized carbons (Fsp3) is 0.562. The maximum absolute atomic E-state index is 12.5. The second kappa shape index (κ2) is 7.47. The minimum absolute atomic E-state index is 0.112. The molecule has 22 heavy (non-hydrogen) atoms. The van der Waals surface area contributed by atoms with Gasteiger partial charge in [0.25, 0.3) is 5.91 Å². The second-order valence-corrected chi connectivity index (χ2v) is 5.25. The van der Waals surface area contributed by atoms with Crippen LogP contribution in [-0.2, 0) is 0 Å². The van der Waals surface area contributed by atoms with Gasteiger partial charge in [0.15, 0.2) is 0 Å². The molecule has 0 saturated carbocycles. The summed E-state index contributed by atoms with van der Waals surface area (Å²) in [6, 6.07) is 5.35. The number of benzene rings is 1. The molecule has 0 spiro atoms. The van der Waals surface area contributed by atoms with Crippen LogP contribution in [0.15, 0.2) is 18.2 Å². The van der Waals surface area contributed by atoms with Crippen LogP contribution in [-0.4, -0.2) is 62.4 Å². The van der Waals surface area contributed by atoms with Crippen LogP contribution in [0, 0.1) is 0 Å². The third-order valence-electron chi connectivity index (χ3n) is 3.98. The van der Waals surface area contributed by atoms with E-state index in [4.69, 9.17) is 9.47 Å². The van der Waals surface area contributed by atoms with Gasteiger partial charge in [-0.3, -0.25) is 4.79 Å². The molecule has 0 aromatic heterocycles. The van der Waals surface area contributed by atoms with Crippen LogP contribution in [0.5, 0.6) is 11.5 Å². The average molecular weight is 307 g/mol. The van der Waals surface area contributed by atoms with Crippen molar-refractivity contribution in [3.63, 3.8) is 0 Å². The van der Waals surface area contributed by atoms with Gasteiger partial charge in [0, 0.05) is 32.2 Å². The maximum atomic E-state index is 12.5. The van der Waals surface area contributed by atoms with Gasteiger partial charge < -0.3 is 14.8 Å². The molecule has 1 aliphatic rings. The third kappa shape index (κ3) is 3.51. The normalized spacial score (nSPS) is 16.7. The molecule has 0 bridgehead atoms. The molecule has 0 atom stereocenters. The van der Waals surface area contributed by atoms with Crippen molar-refractivity contribution in [1.82, 2.24) is 15.3 Å². The SMILES string of the molecule is CCN1CC(NC(=O)c2ccc(OC)cc2OC)CN1CC. The molecule has 1 aliphatic heterocycles. The maximum Gasteiger partial charge on any atom is 0.255 e. The summed E-state index contributed by atoms with van der Waals surface area (Å²) in [6.07, 6.45) is 0. The molecule has 0 radical (unpaired) electrons. The molecule has 6 heteroatoms. The third-order valence-corrected chi connectivity index (χ3v) is 3.98. The molecule has 6 nitrogen and oxygen atoms in total. The number of ether oxygens (including phenoxy) is 2. The first-order valence-electron chi connectivity index (χ1n) is 7.65. The standard InChI is InChI=1S/C16H25N3O3/c1-5-18-10-12(11-19(18)6-2)17-16(20)14-8-7-13(21-3)9-15(14)22-4/h7-9,12H,5-6,10-11H2,1-4H3,(H,17,20). The van der Waals surface area contributed by atoms with E-state index >= 15 is 0 Å². The van der Waals surface area contributed by atoms with Gasteiger partial charge in [0.2, 0.25) is 0 Å². The first-order valence-corrected chi connectivity index (χ1v) is 7.65. The fourth-order valence-electron chi connectivity index (χ4n) is 2.80. The Hall–Kier alpha value is -1.79. The number of carbonyl (C=O) groups excluding carboxylic acids is 1. The Balaban J connectivity index is 2.07. The van der Waals surface area contributed by atoms with Gasteiger partial charge in [-0.2, -0.15) is 0 Å².